The van der Waals surface area contributed by atoms with Gasteiger partial charge in [0.25, 0.3) is 0 Å². The van der Waals surface area contributed by atoms with Crippen LogP contribution in [0.25, 0.3) is 0 Å². The van der Waals surface area contributed by atoms with Crippen molar-refractivity contribution in [3.63, 3.8) is 0 Å². The van der Waals surface area contributed by atoms with Crippen LogP contribution in [0.1, 0.15) is 29.0 Å². The van der Waals surface area contributed by atoms with Crippen LogP contribution < -0.4 is 0 Å². The molecular weight excluding hydrogens is 272 g/mol. The SMILES string of the molecule is c1cc(CN2CCSCC2)sc1CN1CCCCC1. The van der Waals surface area contributed by atoms with E-state index in [1.54, 1.807) is 9.75 Å². The first-order chi connectivity index (χ1) is 9.40. The molecule has 0 atom stereocenters. The van der Waals surface area contributed by atoms with Crippen LogP contribution in [0.3, 0.4) is 0 Å². The number of piperidine rings is 1. The summed E-state index contributed by atoms with van der Waals surface area (Å²) in [6.07, 6.45) is 4.21. The van der Waals surface area contributed by atoms with E-state index in [2.05, 4.69) is 33.7 Å². The van der Waals surface area contributed by atoms with Gasteiger partial charge in [-0.25, -0.2) is 0 Å². The van der Waals surface area contributed by atoms with Crippen LogP contribution in [-0.2, 0) is 13.1 Å². The van der Waals surface area contributed by atoms with E-state index in [9.17, 15) is 0 Å². The zero-order valence-electron chi connectivity index (χ0n) is 11.6. The molecule has 0 amide bonds. The number of thioether (sulfide) groups is 1. The monoisotopic (exact) mass is 296 g/mol. The third kappa shape index (κ3) is 4.22. The third-order valence-corrected chi connectivity index (χ3v) is 6.03. The van der Waals surface area contributed by atoms with Crippen molar-refractivity contribution in [2.75, 3.05) is 37.7 Å². The maximum absolute atomic E-state index is 2.62. The maximum Gasteiger partial charge on any atom is 0.0328 e. The minimum atomic E-state index is 1.17. The Morgan fingerprint density at radius 2 is 1.37 bits per heavy atom. The number of thiophene rings is 1. The van der Waals surface area contributed by atoms with Gasteiger partial charge in [0, 0.05) is 47.4 Å². The van der Waals surface area contributed by atoms with Gasteiger partial charge >= 0.3 is 0 Å². The van der Waals surface area contributed by atoms with Crippen LogP contribution in [0.4, 0.5) is 0 Å². The summed E-state index contributed by atoms with van der Waals surface area (Å²) in [5.74, 6) is 2.62. The Balaban J connectivity index is 1.50. The molecule has 3 rings (SSSR count). The van der Waals surface area contributed by atoms with Gasteiger partial charge in [-0.15, -0.1) is 11.3 Å². The van der Waals surface area contributed by atoms with Crippen LogP contribution in [0, 0.1) is 0 Å². The van der Waals surface area contributed by atoms with E-state index in [-0.39, 0.29) is 0 Å². The lowest BCUT2D eigenvalue weighted by atomic mass is 10.1. The maximum atomic E-state index is 2.62. The highest BCUT2D eigenvalue weighted by molar-refractivity contribution is 7.99. The molecule has 0 saturated carbocycles. The molecule has 2 saturated heterocycles. The van der Waals surface area contributed by atoms with Crippen LogP contribution >= 0.6 is 23.1 Å². The minimum absolute atomic E-state index is 1.17. The van der Waals surface area contributed by atoms with Crippen molar-refractivity contribution in [2.45, 2.75) is 32.4 Å². The predicted octanol–water partition coefficient (Wildman–Crippen LogP) is 3.28. The largest absolute Gasteiger partial charge is 0.298 e. The molecule has 2 aliphatic heterocycles. The van der Waals surface area contributed by atoms with E-state index >= 15 is 0 Å². The van der Waals surface area contributed by atoms with Crippen LogP contribution in [0.2, 0.25) is 0 Å². The lowest BCUT2D eigenvalue weighted by molar-refractivity contribution is 0.222. The van der Waals surface area contributed by atoms with Gasteiger partial charge in [0.1, 0.15) is 0 Å². The Morgan fingerprint density at radius 1 is 0.789 bits per heavy atom. The molecule has 2 aliphatic rings. The first-order valence-electron chi connectivity index (χ1n) is 7.50. The highest BCUT2D eigenvalue weighted by Gasteiger charge is 2.14. The Labute approximate surface area is 125 Å². The number of likely N-dealkylation sites (tertiary alicyclic amines) is 1. The van der Waals surface area contributed by atoms with Crippen LogP contribution in [-0.4, -0.2) is 47.5 Å². The summed E-state index contributed by atoms with van der Waals surface area (Å²) in [6.45, 7) is 7.49. The summed E-state index contributed by atoms with van der Waals surface area (Å²) in [5, 5.41) is 0. The van der Waals surface area contributed by atoms with Crippen molar-refractivity contribution in [3.8, 4) is 0 Å². The second-order valence-electron chi connectivity index (χ2n) is 5.59. The van der Waals surface area contributed by atoms with E-state index in [0.717, 1.165) is 0 Å². The molecule has 0 radical (unpaired) electrons. The van der Waals surface area contributed by atoms with E-state index in [0.29, 0.717) is 0 Å². The molecular formula is C15H24N2S2. The first kappa shape index (κ1) is 13.9. The normalized spacial score (nSPS) is 22.7. The van der Waals surface area contributed by atoms with Crippen molar-refractivity contribution in [1.82, 2.24) is 9.80 Å². The average molecular weight is 297 g/mol. The fraction of sp³-hybridized carbons (Fsp3) is 0.733. The Hall–Kier alpha value is -0.0300. The zero-order valence-corrected chi connectivity index (χ0v) is 13.3. The molecule has 106 valence electrons. The highest BCUT2D eigenvalue weighted by atomic mass is 32.2. The Morgan fingerprint density at radius 3 is 2.00 bits per heavy atom. The van der Waals surface area contributed by atoms with Gasteiger partial charge in [-0.05, 0) is 38.1 Å². The molecule has 1 aromatic rings. The summed E-state index contributed by atoms with van der Waals surface area (Å²) >= 11 is 4.12. The van der Waals surface area contributed by atoms with Crippen molar-refractivity contribution in [3.05, 3.63) is 21.9 Å². The second-order valence-corrected chi connectivity index (χ2v) is 8.07. The quantitative estimate of drug-likeness (QED) is 0.842. The molecule has 0 N–H and O–H groups in total. The summed E-state index contributed by atoms with van der Waals surface area (Å²) in [7, 11) is 0. The van der Waals surface area contributed by atoms with Gasteiger partial charge in [-0.3, -0.25) is 9.80 Å². The summed E-state index contributed by atoms with van der Waals surface area (Å²) in [6, 6.07) is 4.71. The van der Waals surface area contributed by atoms with Gasteiger partial charge in [0.15, 0.2) is 0 Å². The predicted molar refractivity (Wildman–Crippen MR) is 86.0 cm³/mol. The summed E-state index contributed by atoms with van der Waals surface area (Å²) in [4.78, 5) is 8.34. The zero-order chi connectivity index (χ0) is 12.9. The molecule has 19 heavy (non-hydrogen) atoms. The van der Waals surface area contributed by atoms with Gasteiger partial charge in [-0.2, -0.15) is 11.8 Å². The molecule has 0 aromatic carbocycles. The molecule has 2 fully saturated rings. The number of rotatable bonds is 4. The molecule has 0 bridgehead atoms. The molecule has 4 heteroatoms. The van der Waals surface area contributed by atoms with Gasteiger partial charge < -0.3 is 0 Å². The van der Waals surface area contributed by atoms with Gasteiger partial charge in [-0.1, -0.05) is 6.42 Å². The van der Waals surface area contributed by atoms with Crippen molar-refractivity contribution >= 4 is 23.1 Å². The van der Waals surface area contributed by atoms with Crippen LogP contribution in [0.5, 0.6) is 0 Å². The Bertz CT molecular complexity index is 345. The van der Waals surface area contributed by atoms with E-state index in [1.807, 2.05) is 11.3 Å². The molecule has 0 unspecified atom stereocenters. The molecule has 0 aliphatic carbocycles. The first-order valence-corrected chi connectivity index (χ1v) is 9.47. The summed E-state index contributed by atoms with van der Waals surface area (Å²) in [5.41, 5.74) is 0. The minimum Gasteiger partial charge on any atom is -0.298 e. The molecule has 1 aromatic heterocycles. The molecule has 2 nitrogen and oxygen atoms in total. The lowest BCUT2D eigenvalue weighted by Crippen LogP contribution is -2.31. The van der Waals surface area contributed by atoms with Crippen molar-refractivity contribution < 1.29 is 0 Å². The molecule has 3 heterocycles. The molecule has 0 spiro atoms. The third-order valence-electron chi connectivity index (χ3n) is 4.03. The van der Waals surface area contributed by atoms with E-state index < -0.39 is 0 Å². The number of hydrogen-bond acceptors (Lipinski definition) is 4. The second kappa shape index (κ2) is 7.11. The van der Waals surface area contributed by atoms with Gasteiger partial charge in [0.05, 0.1) is 0 Å². The topological polar surface area (TPSA) is 6.48 Å². The summed E-state index contributed by atoms with van der Waals surface area (Å²) < 4.78 is 0. The number of hydrogen-bond donors (Lipinski definition) is 0. The lowest BCUT2D eigenvalue weighted by Gasteiger charge is -2.26. The fourth-order valence-electron chi connectivity index (χ4n) is 2.91. The van der Waals surface area contributed by atoms with Crippen LogP contribution in [0.15, 0.2) is 12.1 Å². The van der Waals surface area contributed by atoms with E-state index in [1.165, 1.54) is 70.0 Å². The fourth-order valence-corrected chi connectivity index (χ4v) is 4.99. The smallest absolute Gasteiger partial charge is 0.0328 e. The van der Waals surface area contributed by atoms with Crippen molar-refractivity contribution in [2.24, 2.45) is 0 Å². The Kier molecular flexibility index (Phi) is 5.22. The highest BCUT2D eigenvalue weighted by Crippen LogP contribution is 2.22. The van der Waals surface area contributed by atoms with Crippen molar-refractivity contribution in [1.29, 1.82) is 0 Å². The average Bonchev–Trinajstić information content (AvgIpc) is 2.88. The van der Waals surface area contributed by atoms with Gasteiger partial charge in [0.2, 0.25) is 0 Å². The standard InChI is InChI=1S/C15H24N2S2/c1-2-6-16(7-3-1)12-14-4-5-15(19-14)13-17-8-10-18-11-9-17/h4-5H,1-3,6-13H2. The number of nitrogens with zero attached hydrogens (tertiary/aromatic N) is 2. The van der Waals surface area contributed by atoms with E-state index in [4.69, 9.17) is 0 Å².